The Hall–Kier alpha value is -3.47. The normalized spacial score (nSPS) is 21.3. The summed E-state index contributed by atoms with van der Waals surface area (Å²) >= 11 is 0. The molecule has 1 atom stereocenters. The number of hydrogen-bond donors (Lipinski definition) is 2. The van der Waals surface area contributed by atoms with Crippen molar-refractivity contribution in [3.8, 4) is 6.07 Å². The molecule has 0 spiro atoms. The summed E-state index contributed by atoms with van der Waals surface area (Å²) in [6, 6.07) is 11.1. The Balaban J connectivity index is 1.54. The number of nitrogens with one attached hydrogen (secondary N) is 2. The van der Waals surface area contributed by atoms with Gasteiger partial charge in [-0.2, -0.15) is 5.26 Å². The van der Waals surface area contributed by atoms with Gasteiger partial charge in [-0.05, 0) is 43.4 Å². The van der Waals surface area contributed by atoms with Crippen LogP contribution in [0.15, 0.2) is 36.5 Å². The average molecular weight is 376 g/mol. The fourth-order valence-corrected chi connectivity index (χ4v) is 3.67. The summed E-state index contributed by atoms with van der Waals surface area (Å²) in [6.07, 6.45) is 4.09. The molecule has 0 aromatic carbocycles. The maximum atomic E-state index is 13.0. The van der Waals surface area contributed by atoms with Gasteiger partial charge in [-0.3, -0.25) is 9.59 Å². The summed E-state index contributed by atoms with van der Waals surface area (Å²) < 4.78 is 0. The minimum Gasteiger partial charge on any atom is -0.325 e. The van der Waals surface area contributed by atoms with Crippen molar-refractivity contribution in [2.24, 2.45) is 11.3 Å². The van der Waals surface area contributed by atoms with Gasteiger partial charge in [0.05, 0.1) is 6.07 Å². The molecule has 2 amide bonds. The summed E-state index contributed by atoms with van der Waals surface area (Å²) in [7, 11) is 0. The van der Waals surface area contributed by atoms with Crippen LogP contribution in [0.4, 0.5) is 23.1 Å². The van der Waals surface area contributed by atoms with E-state index in [0.29, 0.717) is 36.1 Å². The van der Waals surface area contributed by atoms with Gasteiger partial charge >= 0.3 is 0 Å². The molecule has 2 aromatic heterocycles. The molecule has 2 aromatic rings. The molecule has 0 radical (unpaired) electrons. The van der Waals surface area contributed by atoms with Gasteiger partial charge in [0.2, 0.25) is 11.8 Å². The average Bonchev–Trinajstić information content (AvgIpc) is 3.46. The van der Waals surface area contributed by atoms with Crippen molar-refractivity contribution in [2.45, 2.75) is 26.2 Å². The van der Waals surface area contributed by atoms with Crippen molar-refractivity contribution < 1.29 is 9.59 Å². The molecular formula is C20H20N6O2. The maximum absolute atomic E-state index is 13.0. The number of aromatic nitrogens is 2. The molecule has 1 aliphatic carbocycles. The number of carbonyl (C=O) groups excluding carboxylic acids is 2. The molecule has 1 aliphatic heterocycles. The summed E-state index contributed by atoms with van der Waals surface area (Å²) in [5.74, 6) is 1.36. The topological polar surface area (TPSA) is 111 Å². The van der Waals surface area contributed by atoms with Crippen LogP contribution >= 0.6 is 0 Å². The zero-order valence-electron chi connectivity index (χ0n) is 15.5. The van der Waals surface area contributed by atoms with Crippen LogP contribution in [0, 0.1) is 22.7 Å². The van der Waals surface area contributed by atoms with Crippen LogP contribution in [-0.4, -0.2) is 28.3 Å². The van der Waals surface area contributed by atoms with Gasteiger partial charge in [0.15, 0.2) is 0 Å². The van der Waals surface area contributed by atoms with Crippen LogP contribution in [0.2, 0.25) is 0 Å². The zero-order chi connectivity index (χ0) is 19.7. The molecule has 3 heterocycles. The molecule has 8 nitrogen and oxygen atoms in total. The largest absolute Gasteiger partial charge is 0.325 e. The summed E-state index contributed by atoms with van der Waals surface area (Å²) in [4.78, 5) is 34.4. The highest BCUT2D eigenvalue weighted by Gasteiger charge is 2.56. The number of hydrogen-bond acceptors (Lipinski definition) is 6. The van der Waals surface area contributed by atoms with Crippen molar-refractivity contribution in [3.63, 3.8) is 0 Å². The van der Waals surface area contributed by atoms with E-state index in [0.717, 1.165) is 12.8 Å². The third-order valence-corrected chi connectivity index (χ3v) is 5.19. The lowest BCUT2D eigenvalue weighted by molar-refractivity contribution is -0.123. The summed E-state index contributed by atoms with van der Waals surface area (Å²) in [6.45, 7) is 1.95. The summed E-state index contributed by atoms with van der Waals surface area (Å²) in [5, 5.41) is 15.4. The minimum absolute atomic E-state index is 0.111. The quantitative estimate of drug-likeness (QED) is 0.830. The maximum Gasteiger partial charge on any atom is 0.247 e. The van der Waals surface area contributed by atoms with Crippen LogP contribution < -0.4 is 15.5 Å². The molecule has 0 bridgehead atoms. The molecule has 4 rings (SSSR count). The zero-order valence-corrected chi connectivity index (χ0v) is 15.5. The van der Waals surface area contributed by atoms with Gasteiger partial charge in [-0.1, -0.05) is 6.07 Å². The van der Waals surface area contributed by atoms with Gasteiger partial charge in [-0.15, -0.1) is 0 Å². The van der Waals surface area contributed by atoms with E-state index in [9.17, 15) is 14.9 Å². The Bertz CT molecular complexity index is 981. The van der Waals surface area contributed by atoms with Crippen molar-refractivity contribution in [1.82, 2.24) is 9.97 Å². The number of rotatable bonds is 5. The molecule has 142 valence electrons. The van der Waals surface area contributed by atoms with E-state index in [1.165, 1.54) is 6.92 Å². The van der Waals surface area contributed by atoms with Crippen molar-refractivity contribution >= 4 is 35.0 Å². The molecule has 2 N–H and O–H groups in total. The predicted octanol–water partition coefficient (Wildman–Crippen LogP) is 2.84. The number of pyridine rings is 2. The molecule has 1 saturated heterocycles. The van der Waals surface area contributed by atoms with E-state index >= 15 is 0 Å². The van der Waals surface area contributed by atoms with E-state index in [2.05, 4.69) is 26.7 Å². The second-order valence-electron chi connectivity index (χ2n) is 7.18. The number of nitrogens with zero attached hydrogens (tertiary/aromatic N) is 4. The van der Waals surface area contributed by atoms with Gasteiger partial charge in [0.25, 0.3) is 0 Å². The fourth-order valence-electron chi connectivity index (χ4n) is 3.67. The van der Waals surface area contributed by atoms with E-state index in [4.69, 9.17) is 0 Å². The lowest BCUT2D eigenvalue weighted by Crippen LogP contribution is -2.35. The van der Waals surface area contributed by atoms with E-state index in [-0.39, 0.29) is 17.7 Å². The molecule has 1 saturated carbocycles. The third kappa shape index (κ3) is 3.27. The second-order valence-corrected chi connectivity index (χ2v) is 7.18. The van der Waals surface area contributed by atoms with E-state index in [1.54, 1.807) is 41.4 Å². The highest BCUT2D eigenvalue weighted by Crippen LogP contribution is 2.51. The van der Waals surface area contributed by atoms with Crippen LogP contribution in [0.25, 0.3) is 0 Å². The molecular weight excluding hydrogens is 356 g/mol. The second kappa shape index (κ2) is 6.93. The Morgan fingerprint density at radius 1 is 1.29 bits per heavy atom. The molecule has 2 fully saturated rings. The number of amides is 2. The smallest absolute Gasteiger partial charge is 0.247 e. The van der Waals surface area contributed by atoms with Gasteiger partial charge < -0.3 is 15.5 Å². The number of nitriles is 1. The highest BCUT2D eigenvalue weighted by atomic mass is 16.2. The predicted molar refractivity (Wildman–Crippen MR) is 104 cm³/mol. The van der Waals surface area contributed by atoms with Crippen LogP contribution in [0.3, 0.4) is 0 Å². The van der Waals surface area contributed by atoms with Crippen LogP contribution in [0.1, 0.15) is 26.2 Å². The Kier molecular flexibility index (Phi) is 4.43. The third-order valence-electron chi connectivity index (χ3n) is 5.19. The van der Waals surface area contributed by atoms with E-state index in [1.807, 2.05) is 0 Å². The van der Waals surface area contributed by atoms with Crippen molar-refractivity contribution in [2.75, 3.05) is 22.1 Å². The lowest BCUT2D eigenvalue weighted by Gasteiger charge is -2.21. The first-order valence-electron chi connectivity index (χ1n) is 9.23. The lowest BCUT2D eigenvalue weighted by atomic mass is 9.83. The minimum atomic E-state index is -0.870. The Labute approximate surface area is 162 Å². The van der Waals surface area contributed by atoms with Gasteiger partial charge in [0.1, 0.15) is 22.9 Å². The van der Waals surface area contributed by atoms with Crippen molar-refractivity contribution in [1.29, 1.82) is 5.26 Å². The van der Waals surface area contributed by atoms with E-state index < -0.39 is 5.41 Å². The summed E-state index contributed by atoms with van der Waals surface area (Å²) in [5.41, 5.74) is -0.163. The standard InChI is InChI=1S/C20H20N6O2/c1-13(27)23-16-3-2-4-17(24-16)25-18-11-15(7-9-22-18)26-10-8-20(12-21,19(26)28)14-5-6-14/h2-4,7,9,11,14H,5-6,8,10H2,1H3,(H2,22,23,24,25,27)/t20-/m1/s1. The molecule has 0 unspecified atom stereocenters. The first-order valence-corrected chi connectivity index (χ1v) is 9.23. The van der Waals surface area contributed by atoms with Crippen LogP contribution in [-0.2, 0) is 9.59 Å². The number of anilines is 4. The fraction of sp³-hybridized carbons (Fsp3) is 0.350. The molecule has 28 heavy (non-hydrogen) atoms. The highest BCUT2D eigenvalue weighted by molar-refractivity contribution is 6.02. The SMILES string of the molecule is CC(=O)Nc1cccc(Nc2cc(N3CC[C@@](C#N)(C4CC4)C3=O)ccn2)n1. The number of carbonyl (C=O) groups is 2. The molecule has 2 aliphatic rings. The monoisotopic (exact) mass is 376 g/mol. The first kappa shape index (κ1) is 17.9. The van der Waals surface area contributed by atoms with Gasteiger partial charge in [-0.25, -0.2) is 9.97 Å². The van der Waals surface area contributed by atoms with Crippen molar-refractivity contribution in [3.05, 3.63) is 36.5 Å². The van der Waals surface area contributed by atoms with Gasteiger partial charge in [0, 0.05) is 31.4 Å². The first-order chi connectivity index (χ1) is 13.5. The Morgan fingerprint density at radius 3 is 2.79 bits per heavy atom. The Morgan fingerprint density at radius 2 is 2.07 bits per heavy atom. The van der Waals surface area contributed by atoms with Crippen LogP contribution in [0.5, 0.6) is 0 Å². The molecule has 8 heteroatoms.